The van der Waals surface area contributed by atoms with Crippen LogP contribution in [0.5, 0.6) is 0 Å². The maximum absolute atomic E-state index is 11.9. The van der Waals surface area contributed by atoms with Crippen LogP contribution in [0, 0.1) is 5.92 Å². The predicted molar refractivity (Wildman–Crippen MR) is 53.9 cm³/mol. The predicted octanol–water partition coefficient (Wildman–Crippen LogP) is 0.275. The first kappa shape index (κ1) is 10.9. The number of carbonyl (C=O) groups is 1. The zero-order valence-corrected chi connectivity index (χ0v) is 9.24. The molecule has 86 valence electrons. The van der Waals surface area contributed by atoms with E-state index in [1.807, 2.05) is 0 Å². The van der Waals surface area contributed by atoms with E-state index in [-0.39, 0.29) is 11.7 Å². The molecule has 0 spiro atoms. The van der Waals surface area contributed by atoms with E-state index in [1.54, 1.807) is 0 Å². The van der Waals surface area contributed by atoms with Crippen LogP contribution in [-0.2, 0) is 14.8 Å². The summed E-state index contributed by atoms with van der Waals surface area (Å²) in [7, 11) is -3.34. The maximum atomic E-state index is 11.9. The fourth-order valence-corrected chi connectivity index (χ4v) is 4.11. The van der Waals surface area contributed by atoms with Gasteiger partial charge in [0.25, 0.3) is 0 Å². The van der Waals surface area contributed by atoms with Gasteiger partial charge in [-0.1, -0.05) is 0 Å². The van der Waals surface area contributed by atoms with Crippen LogP contribution >= 0.6 is 0 Å². The number of sulfonamides is 1. The van der Waals surface area contributed by atoms with E-state index in [4.69, 9.17) is 5.11 Å². The van der Waals surface area contributed by atoms with Gasteiger partial charge in [-0.15, -0.1) is 0 Å². The van der Waals surface area contributed by atoms with E-state index in [2.05, 4.69) is 0 Å². The highest BCUT2D eigenvalue weighted by Crippen LogP contribution is 2.33. The standard InChI is InChI=1S/C9H15NO4S/c11-9(12)8-2-1-5-10(8)15(13,14)6-7-3-4-7/h7-8H,1-6H2,(H,11,12)/t8-/m1/s1. The lowest BCUT2D eigenvalue weighted by Crippen LogP contribution is -2.41. The number of aliphatic carboxylic acids is 1. The first-order valence-electron chi connectivity index (χ1n) is 5.23. The Labute approximate surface area is 89.1 Å². The van der Waals surface area contributed by atoms with Crippen molar-refractivity contribution < 1.29 is 18.3 Å². The van der Waals surface area contributed by atoms with Gasteiger partial charge in [-0.2, -0.15) is 4.31 Å². The Balaban J connectivity index is 2.10. The zero-order valence-electron chi connectivity index (χ0n) is 8.42. The van der Waals surface area contributed by atoms with Crippen molar-refractivity contribution in [2.45, 2.75) is 31.7 Å². The number of hydrogen-bond acceptors (Lipinski definition) is 3. The average molecular weight is 233 g/mol. The Hall–Kier alpha value is -0.620. The zero-order chi connectivity index (χ0) is 11.1. The Morgan fingerprint density at radius 2 is 2.00 bits per heavy atom. The molecule has 6 heteroatoms. The molecule has 5 nitrogen and oxygen atoms in total. The van der Waals surface area contributed by atoms with E-state index in [9.17, 15) is 13.2 Å². The van der Waals surface area contributed by atoms with Gasteiger partial charge in [0, 0.05) is 6.54 Å². The van der Waals surface area contributed by atoms with Gasteiger partial charge in [0.05, 0.1) is 5.75 Å². The van der Waals surface area contributed by atoms with Crippen LogP contribution < -0.4 is 0 Å². The lowest BCUT2D eigenvalue weighted by molar-refractivity contribution is -0.140. The van der Waals surface area contributed by atoms with Crippen LogP contribution in [0.25, 0.3) is 0 Å². The first-order valence-corrected chi connectivity index (χ1v) is 6.84. The van der Waals surface area contributed by atoms with Crippen molar-refractivity contribution in [1.29, 1.82) is 0 Å². The fourth-order valence-electron chi connectivity index (χ4n) is 2.00. The lowest BCUT2D eigenvalue weighted by atomic mass is 10.2. The average Bonchev–Trinajstić information content (AvgIpc) is 2.80. The Kier molecular flexibility index (Phi) is 2.72. The summed E-state index contributed by atoms with van der Waals surface area (Å²) in [5.41, 5.74) is 0. The van der Waals surface area contributed by atoms with Crippen LogP contribution in [0.3, 0.4) is 0 Å². The molecule has 0 amide bonds. The molecular weight excluding hydrogens is 218 g/mol. The highest BCUT2D eigenvalue weighted by molar-refractivity contribution is 7.89. The van der Waals surface area contributed by atoms with E-state index >= 15 is 0 Å². The Bertz CT molecular complexity index is 360. The second-order valence-electron chi connectivity index (χ2n) is 4.33. The first-order chi connectivity index (χ1) is 7.00. The topological polar surface area (TPSA) is 74.7 Å². The molecule has 0 radical (unpaired) electrons. The summed E-state index contributed by atoms with van der Waals surface area (Å²) in [5, 5.41) is 8.89. The molecular formula is C9H15NO4S. The smallest absolute Gasteiger partial charge is 0.322 e. The van der Waals surface area contributed by atoms with Crippen LogP contribution in [0.2, 0.25) is 0 Å². The summed E-state index contributed by atoms with van der Waals surface area (Å²) in [6, 6.07) is -0.825. The molecule has 0 bridgehead atoms. The maximum Gasteiger partial charge on any atom is 0.322 e. The molecule has 1 heterocycles. The van der Waals surface area contributed by atoms with Gasteiger partial charge >= 0.3 is 5.97 Å². The molecule has 1 saturated carbocycles. The van der Waals surface area contributed by atoms with E-state index in [0.29, 0.717) is 19.4 Å². The van der Waals surface area contributed by atoms with Crippen LogP contribution in [0.1, 0.15) is 25.7 Å². The molecule has 15 heavy (non-hydrogen) atoms. The molecule has 2 aliphatic rings. The largest absolute Gasteiger partial charge is 0.480 e. The summed E-state index contributed by atoms with van der Waals surface area (Å²) in [5.74, 6) is -0.617. The molecule has 1 N–H and O–H groups in total. The molecule has 1 aliphatic carbocycles. The lowest BCUT2D eigenvalue weighted by Gasteiger charge is -2.20. The van der Waals surface area contributed by atoms with Crippen molar-refractivity contribution in [2.24, 2.45) is 5.92 Å². The number of rotatable bonds is 4. The summed E-state index contributed by atoms with van der Waals surface area (Å²) < 4.78 is 24.9. The summed E-state index contributed by atoms with van der Waals surface area (Å²) in [6.45, 7) is 0.367. The van der Waals surface area contributed by atoms with Crippen molar-refractivity contribution >= 4 is 16.0 Å². The number of carboxylic acid groups (broad SMARTS) is 1. The third-order valence-electron chi connectivity index (χ3n) is 2.99. The van der Waals surface area contributed by atoms with Crippen molar-refractivity contribution in [3.63, 3.8) is 0 Å². The molecule has 0 aromatic carbocycles. The molecule has 0 aromatic heterocycles. The monoisotopic (exact) mass is 233 g/mol. The molecule has 0 unspecified atom stereocenters. The summed E-state index contributed by atoms with van der Waals surface area (Å²) in [4.78, 5) is 10.9. The van der Waals surface area contributed by atoms with Gasteiger partial charge < -0.3 is 5.11 Å². The molecule has 0 aromatic rings. The SMILES string of the molecule is O=C(O)[C@H]1CCCN1S(=O)(=O)CC1CC1. The van der Waals surface area contributed by atoms with Crippen molar-refractivity contribution in [2.75, 3.05) is 12.3 Å². The minimum atomic E-state index is -3.34. The van der Waals surface area contributed by atoms with Crippen molar-refractivity contribution in [1.82, 2.24) is 4.31 Å². The van der Waals surface area contributed by atoms with Crippen LogP contribution in [0.4, 0.5) is 0 Å². The number of carboxylic acids is 1. The van der Waals surface area contributed by atoms with Gasteiger partial charge in [-0.3, -0.25) is 4.79 Å². The van der Waals surface area contributed by atoms with Gasteiger partial charge in [0.2, 0.25) is 10.0 Å². The van der Waals surface area contributed by atoms with E-state index < -0.39 is 22.0 Å². The minimum absolute atomic E-state index is 0.136. The van der Waals surface area contributed by atoms with Crippen molar-refractivity contribution in [3.05, 3.63) is 0 Å². The van der Waals surface area contributed by atoms with E-state index in [0.717, 1.165) is 12.8 Å². The van der Waals surface area contributed by atoms with Crippen LogP contribution in [0.15, 0.2) is 0 Å². The quantitative estimate of drug-likeness (QED) is 0.756. The highest BCUT2D eigenvalue weighted by atomic mass is 32.2. The summed E-state index contributed by atoms with van der Waals surface area (Å²) in [6.07, 6.45) is 3.02. The molecule has 2 fully saturated rings. The van der Waals surface area contributed by atoms with Gasteiger partial charge in [-0.05, 0) is 31.6 Å². The van der Waals surface area contributed by atoms with Gasteiger partial charge in [0.15, 0.2) is 0 Å². The molecule has 1 atom stereocenters. The number of hydrogen-bond donors (Lipinski definition) is 1. The molecule has 2 rings (SSSR count). The second kappa shape index (κ2) is 3.75. The van der Waals surface area contributed by atoms with Crippen LogP contribution in [-0.4, -0.2) is 42.1 Å². The normalized spacial score (nSPS) is 28.1. The third-order valence-corrected chi connectivity index (χ3v) is 5.03. The van der Waals surface area contributed by atoms with E-state index in [1.165, 1.54) is 4.31 Å². The summed E-state index contributed by atoms with van der Waals surface area (Å²) >= 11 is 0. The highest BCUT2D eigenvalue weighted by Gasteiger charge is 2.40. The minimum Gasteiger partial charge on any atom is -0.480 e. The van der Waals surface area contributed by atoms with Gasteiger partial charge in [0.1, 0.15) is 6.04 Å². The molecule has 1 saturated heterocycles. The molecule has 1 aliphatic heterocycles. The van der Waals surface area contributed by atoms with Crippen molar-refractivity contribution in [3.8, 4) is 0 Å². The fraction of sp³-hybridized carbons (Fsp3) is 0.889. The Morgan fingerprint density at radius 1 is 1.33 bits per heavy atom. The second-order valence-corrected chi connectivity index (χ2v) is 6.30. The number of nitrogens with zero attached hydrogens (tertiary/aromatic N) is 1. The Morgan fingerprint density at radius 3 is 2.53 bits per heavy atom. The van der Waals surface area contributed by atoms with Gasteiger partial charge in [-0.25, -0.2) is 8.42 Å². The third kappa shape index (κ3) is 2.31.